The third-order valence-corrected chi connectivity index (χ3v) is 3.69. The van der Waals surface area contributed by atoms with E-state index in [9.17, 15) is 9.59 Å². The summed E-state index contributed by atoms with van der Waals surface area (Å²) in [6, 6.07) is 5.93. The van der Waals surface area contributed by atoms with Gasteiger partial charge >= 0.3 is 5.97 Å². The zero-order valence-electron chi connectivity index (χ0n) is 12.1. The first kappa shape index (κ1) is 16.0. The minimum absolute atomic E-state index is 0.276. The minimum Gasteiger partial charge on any atom is -0.481 e. The number of nitrogens with zero attached hydrogens (tertiary/aromatic N) is 2. The maximum atomic E-state index is 12.0. The normalized spacial score (nSPS) is 12.0. The monoisotopic (exact) mass is 322 g/mol. The number of aliphatic carboxylic acids is 1. The van der Waals surface area contributed by atoms with Gasteiger partial charge in [0.25, 0.3) is 5.91 Å². The number of carbonyl (C=O) groups is 2. The Labute approximate surface area is 132 Å². The number of ether oxygens (including phenoxy) is 1. The molecule has 1 amide bonds. The highest BCUT2D eigenvalue weighted by molar-refractivity contribution is 6.35. The summed E-state index contributed by atoms with van der Waals surface area (Å²) in [6.45, 7) is 1.15. The molecule has 1 aromatic heterocycles. The zero-order valence-corrected chi connectivity index (χ0v) is 12.9. The highest BCUT2D eigenvalue weighted by Crippen LogP contribution is 2.29. The predicted molar refractivity (Wildman–Crippen MR) is 82.1 cm³/mol. The van der Waals surface area contributed by atoms with Crippen LogP contribution in [0.25, 0.3) is 10.9 Å². The second-order valence-corrected chi connectivity index (χ2v) is 5.16. The van der Waals surface area contributed by atoms with E-state index in [1.165, 1.54) is 14.0 Å². The lowest BCUT2D eigenvalue weighted by Gasteiger charge is -2.21. The fraction of sp³-hybridized carbons (Fsp3) is 0.267. The molecular formula is C15H15ClN2O4. The van der Waals surface area contributed by atoms with Gasteiger partial charge in [0.15, 0.2) is 6.61 Å². The van der Waals surface area contributed by atoms with Gasteiger partial charge in [0.05, 0.1) is 5.02 Å². The lowest BCUT2D eigenvalue weighted by atomic mass is 10.2. The van der Waals surface area contributed by atoms with Crippen molar-refractivity contribution in [3.05, 3.63) is 35.5 Å². The summed E-state index contributed by atoms with van der Waals surface area (Å²) >= 11 is 6.08. The van der Waals surface area contributed by atoms with E-state index < -0.39 is 17.9 Å². The number of rotatable bonds is 5. The average Bonchev–Trinajstić information content (AvgIpc) is 2.52. The molecule has 1 unspecified atom stereocenters. The van der Waals surface area contributed by atoms with Gasteiger partial charge in [-0.1, -0.05) is 11.6 Å². The number of carbonyl (C=O) groups excluding carboxylic acids is 1. The van der Waals surface area contributed by atoms with Crippen LogP contribution in [-0.2, 0) is 9.59 Å². The van der Waals surface area contributed by atoms with Gasteiger partial charge in [-0.25, -0.2) is 4.79 Å². The summed E-state index contributed by atoms with van der Waals surface area (Å²) in [4.78, 5) is 28.1. The lowest BCUT2D eigenvalue weighted by molar-refractivity contribution is -0.148. The van der Waals surface area contributed by atoms with Crippen LogP contribution in [0.3, 0.4) is 0 Å². The van der Waals surface area contributed by atoms with Gasteiger partial charge in [-0.05, 0) is 31.2 Å². The van der Waals surface area contributed by atoms with Crippen molar-refractivity contribution in [1.82, 2.24) is 9.88 Å². The third-order valence-electron chi connectivity index (χ3n) is 3.36. The quantitative estimate of drug-likeness (QED) is 0.912. The van der Waals surface area contributed by atoms with Gasteiger partial charge in [-0.15, -0.1) is 0 Å². The number of carboxylic acids is 1. The van der Waals surface area contributed by atoms with Crippen molar-refractivity contribution in [3.8, 4) is 5.75 Å². The van der Waals surface area contributed by atoms with Crippen molar-refractivity contribution < 1.29 is 19.4 Å². The Morgan fingerprint density at radius 1 is 1.41 bits per heavy atom. The summed E-state index contributed by atoms with van der Waals surface area (Å²) in [5.41, 5.74) is 0.553. The van der Waals surface area contributed by atoms with Crippen LogP contribution in [0.2, 0.25) is 5.02 Å². The number of halogens is 1. The van der Waals surface area contributed by atoms with Crippen LogP contribution in [0, 0.1) is 0 Å². The van der Waals surface area contributed by atoms with Crippen LogP contribution in [0.15, 0.2) is 30.5 Å². The molecule has 6 nitrogen and oxygen atoms in total. The molecule has 0 aliphatic heterocycles. The van der Waals surface area contributed by atoms with Crippen molar-refractivity contribution in [3.63, 3.8) is 0 Å². The fourth-order valence-electron chi connectivity index (χ4n) is 1.85. The summed E-state index contributed by atoms with van der Waals surface area (Å²) < 4.78 is 5.48. The molecule has 0 saturated carbocycles. The lowest BCUT2D eigenvalue weighted by Crippen LogP contribution is -2.42. The van der Waals surface area contributed by atoms with Crippen LogP contribution in [0.4, 0.5) is 0 Å². The SMILES string of the molecule is CC(C(=O)O)N(C)C(=O)COc1ccc(Cl)c2cccnc12. The highest BCUT2D eigenvalue weighted by Gasteiger charge is 2.22. The Morgan fingerprint density at radius 2 is 2.14 bits per heavy atom. The number of benzene rings is 1. The number of aromatic nitrogens is 1. The predicted octanol–water partition coefficient (Wildman–Crippen LogP) is 2.20. The smallest absolute Gasteiger partial charge is 0.326 e. The maximum absolute atomic E-state index is 12.0. The Bertz CT molecular complexity index is 720. The zero-order chi connectivity index (χ0) is 16.3. The molecular weight excluding hydrogens is 308 g/mol. The van der Waals surface area contributed by atoms with E-state index in [2.05, 4.69) is 4.98 Å². The first-order valence-electron chi connectivity index (χ1n) is 6.56. The molecule has 0 aliphatic rings. The van der Waals surface area contributed by atoms with Gasteiger partial charge in [0.1, 0.15) is 17.3 Å². The van der Waals surface area contributed by atoms with Crippen molar-refractivity contribution in [2.45, 2.75) is 13.0 Å². The average molecular weight is 323 g/mol. The van der Waals surface area contributed by atoms with Gasteiger partial charge < -0.3 is 14.7 Å². The van der Waals surface area contributed by atoms with Crippen LogP contribution >= 0.6 is 11.6 Å². The molecule has 1 N–H and O–H groups in total. The summed E-state index contributed by atoms with van der Waals surface area (Å²) in [5.74, 6) is -1.09. The number of pyridine rings is 1. The second kappa shape index (κ2) is 6.62. The number of hydrogen-bond acceptors (Lipinski definition) is 4. The number of likely N-dealkylation sites (N-methyl/N-ethyl adjacent to an activating group) is 1. The van der Waals surface area contributed by atoms with Crippen molar-refractivity contribution in [2.24, 2.45) is 0 Å². The van der Waals surface area contributed by atoms with Crippen LogP contribution < -0.4 is 4.74 Å². The Morgan fingerprint density at radius 3 is 2.82 bits per heavy atom. The van der Waals surface area contributed by atoms with E-state index in [1.807, 2.05) is 0 Å². The topological polar surface area (TPSA) is 79.7 Å². The summed E-state index contributed by atoms with van der Waals surface area (Å²) in [7, 11) is 1.42. The number of fused-ring (bicyclic) bond motifs is 1. The molecule has 0 spiro atoms. The van der Waals surface area contributed by atoms with Gasteiger partial charge in [0, 0.05) is 18.6 Å². The standard InChI is InChI=1S/C15H15ClN2O4/c1-9(15(20)21)18(2)13(19)8-22-12-6-5-11(16)10-4-3-7-17-14(10)12/h3-7,9H,8H2,1-2H3,(H,20,21). The largest absolute Gasteiger partial charge is 0.481 e. The Balaban J connectivity index is 2.14. The van der Waals surface area contributed by atoms with Crippen molar-refractivity contribution in [2.75, 3.05) is 13.7 Å². The number of amides is 1. The van der Waals surface area contributed by atoms with E-state index in [1.54, 1.807) is 30.5 Å². The van der Waals surface area contributed by atoms with Gasteiger partial charge in [-0.3, -0.25) is 9.78 Å². The maximum Gasteiger partial charge on any atom is 0.326 e. The molecule has 0 radical (unpaired) electrons. The van der Waals surface area contributed by atoms with Crippen molar-refractivity contribution >= 4 is 34.4 Å². The Hall–Kier alpha value is -2.34. The van der Waals surface area contributed by atoms with Crippen LogP contribution in [0.1, 0.15) is 6.92 Å². The molecule has 116 valence electrons. The van der Waals surface area contributed by atoms with Crippen molar-refractivity contribution in [1.29, 1.82) is 0 Å². The first-order valence-corrected chi connectivity index (χ1v) is 6.94. The second-order valence-electron chi connectivity index (χ2n) is 4.75. The molecule has 0 fully saturated rings. The molecule has 0 saturated heterocycles. The highest BCUT2D eigenvalue weighted by atomic mass is 35.5. The molecule has 2 rings (SSSR count). The molecule has 1 heterocycles. The molecule has 22 heavy (non-hydrogen) atoms. The third kappa shape index (κ3) is 3.28. The van der Waals surface area contributed by atoms with Crippen LogP contribution in [-0.4, -0.2) is 46.6 Å². The van der Waals surface area contributed by atoms with E-state index in [-0.39, 0.29) is 6.61 Å². The molecule has 2 aromatic rings. The van der Waals surface area contributed by atoms with E-state index >= 15 is 0 Å². The molecule has 1 atom stereocenters. The molecule has 7 heteroatoms. The fourth-order valence-corrected chi connectivity index (χ4v) is 2.07. The Kier molecular flexibility index (Phi) is 4.82. The van der Waals surface area contributed by atoms with Gasteiger partial charge in [-0.2, -0.15) is 0 Å². The molecule has 1 aromatic carbocycles. The molecule has 0 bridgehead atoms. The first-order chi connectivity index (χ1) is 10.4. The number of carboxylic acid groups (broad SMARTS) is 1. The number of hydrogen-bond donors (Lipinski definition) is 1. The summed E-state index contributed by atoms with van der Waals surface area (Å²) in [5, 5.41) is 10.2. The summed E-state index contributed by atoms with van der Waals surface area (Å²) in [6.07, 6.45) is 1.60. The minimum atomic E-state index is -1.07. The van der Waals surface area contributed by atoms with E-state index in [0.717, 1.165) is 10.3 Å². The van der Waals surface area contributed by atoms with E-state index in [4.69, 9.17) is 21.4 Å². The molecule has 0 aliphatic carbocycles. The van der Waals surface area contributed by atoms with E-state index in [0.29, 0.717) is 16.3 Å². The van der Waals surface area contributed by atoms with Crippen LogP contribution in [0.5, 0.6) is 5.75 Å². The van der Waals surface area contributed by atoms with Gasteiger partial charge in [0.2, 0.25) is 0 Å².